The van der Waals surface area contributed by atoms with E-state index in [4.69, 9.17) is 0 Å². The van der Waals surface area contributed by atoms with Gasteiger partial charge in [-0.05, 0) is 44.6 Å². The first kappa shape index (κ1) is 14.0. The van der Waals surface area contributed by atoms with E-state index in [0.29, 0.717) is 23.5 Å². The van der Waals surface area contributed by atoms with Crippen LogP contribution in [-0.4, -0.2) is 32.5 Å². The summed E-state index contributed by atoms with van der Waals surface area (Å²) in [5.74, 6) is 1.37. The fraction of sp³-hybridized carbons (Fsp3) is 1.00. The van der Waals surface area contributed by atoms with Crippen molar-refractivity contribution in [1.29, 1.82) is 0 Å². The van der Waals surface area contributed by atoms with Gasteiger partial charge in [0, 0.05) is 11.8 Å². The molecule has 0 saturated heterocycles. The number of hydrogen-bond acceptors (Lipinski definition) is 3. The van der Waals surface area contributed by atoms with Crippen LogP contribution < -0.4 is 5.32 Å². The first-order chi connectivity index (χ1) is 7.57. The maximum atomic E-state index is 11.6. The highest BCUT2D eigenvalue weighted by Gasteiger charge is 2.25. The second kappa shape index (κ2) is 6.60. The molecule has 0 aromatic heterocycles. The molecule has 0 aromatic rings. The predicted octanol–water partition coefficient (Wildman–Crippen LogP) is 1.98. The molecular weight excluding hydrogens is 222 g/mol. The molecule has 0 bridgehead atoms. The van der Waals surface area contributed by atoms with Crippen molar-refractivity contribution >= 4 is 9.84 Å². The number of sulfone groups is 1. The van der Waals surface area contributed by atoms with Crippen LogP contribution in [0.1, 0.15) is 46.0 Å². The number of nitrogens with one attached hydrogen (secondary N) is 1. The lowest BCUT2D eigenvalue weighted by atomic mass is 10.1. The highest BCUT2D eigenvalue weighted by Crippen LogP contribution is 2.28. The third kappa shape index (κ3) is 4.83. The van der Waals surface area contributed by atoms with Gasteiger partial charge in [0.25, 0.3) is 0 Å². The zero-order valence-corrected chi connectivity index (χ0v) is 11.4. The maximum Gasteiger partial charge on any atom is 0.150 e. The Labute approximate surface area is 99.9 Å². The van der Waals surface area contributed by atoms with Crippen LogP contribution in [0.5, 0.6) is 0 Å². The number of rotatable bonds is 7. The van der Waals surface area contributed by atoms with Gasteiger partial charge in [-0.3, -0.25) is 0 Å². The molecule has 1 rings (SSSR count). The van der Waals surface area contributed by atoms with Crippen LogP contribution in [0.4, 0.5) is 0 Å². The smallest absolute Gasteiger partial charge is 0.150 e. The van der Waals surface area contributed by atoms with Crippen LogP contribution in [0.2, 0.25) is 0 Å². The predicted molar refractivity (Wildman–Crippen MR) is 68.4 cm³/mol. The van der Waals surface area contributed by atoms with Gasteiger partial charge in [-0.1, -0.05) is 13.8 Å². The normalized spacial score (nSPS) is 26.1. The second-order valence-corrected chi connectivity index (χ2v) is 7.18. The van der Waals surface area contributed by atoms with E-state index >= 15 is 0 Å². The molecule has 0 heterocycles. The van der Waals surface area contributed by atoms with Crippen molar-refractivity contribution in [3.05, 3.63) is 0 Å². The van der Waals surface area contributed by atoms with Gasteiger partial charge >= 0.3 is 0 Å². The third-order valence-corrected chi connectivity index (χ3v) is 5.27. The Kier molecular flexibility index (Phi) is 5.76. The Bertz CT molecular complexity index is 287. The monoisotopic (exact) mass is 247 g/mol. The van der Waals surface area contributed by atoms with Crippen LogP contribution in [0.25, 0.3) is 0 Å². The van der Waals surface area contributed by atoms with E-state index in [1.165, 1.54) is 12.8 Å². The lowest BCUT2D eigenvalue weighted by molar-refractivity contribution is 0.482. The number of hydrogen-bond donors (Lipinski definition) is 1. The molecule has 1 aliphatic carbocycles. The summed E-state index contributed by atoms with van der Waals surface area (Å²) in [6, 6.07) is 0.629. The summed E-state index contributed by atoms with van der Waals surface area (Å²) < 4.78 is 23.2. The minimum Gasteiger partial charge on any atom is -0.314 e. The van der Waals surface area contributed by atoms with Gasteiger partial charge in [0.15, 0.2) is 0 Å². The standard InChI is InChI=1S/C12H25NO2S/c1-3-8-16(14,15)9-7-11-5-6-12(10-11)13-4-2/h11-13H,3-10H2,1-2H3. The summed E-state index contributed by atoms with van der Waals surface area (Å²) in [6.45, 7) is 5.07. The molecule has 0 amide bonds. The van der Waals surface area contributed by atoms with Gasteiger partial charge in [0.05, 0.1) is 5.75 Å². The summed E-state index contributed by atoms with van der Waals surface area (Å²) >= 11 is 0. The Morgan fingerprint density at radius 2 is 1.94 bits per heavy atom. The molecule has 0 aliphatic heterocycles. The van der Waals surface area contributed by atoms with Gasteiger partial charge in [0.2, 0.25) is 0 Å². The van der Waals surface area contributed by atoms with Gasteiger partial charge in [-0.15, -0.1) is 0 Å². The van der Waals surface area contributed by atoms with Crippen LogP contribution in [0.3, 0.4) is 0 Å². The fourth-order valence-corrected chi connectivity index (χ4v) is 4.09. The Morgan fingerprint density at radius 1 is 1.19 bits per heavy atom. The molecule has 2 atom stereocenters. The van der Waals surface area contributed by atoms with E-state index in [1.54, 1.807) is 0 Å². The first-order valence-electron chi connectivity index (χ1n) is 6.51. The molecule has 1 N–H and O–H groups in total. The third-order valence-electron chi connectivity index (χ3n) is 3.39. The molecule has 4 heteroatoms. The van der Waals surface area contributed by atoms with Gasteiger partial charge in [-0.25, -0.2) is 8.42 Å². The van der Waals surface area contributed by atoms with Crippen LogP contribution in [0.15, 0.2) is 0 Å². The van der Waals surface area contributed by atoms with E-state index in [2.05, 4.69) is 12.2 Å². The Hall–Kier alpha value is -0.0900. The molecule has 1 fully saturated rings. The molecule has 0 aromatic carbocycles. The molecule has 1 aliphatic rings. The van der Waals surface area contributed by atoms with Gasteiger partial charge < -0.3 is 5.32 Å². The molecular formula is C12H25NO2S. The molecule has 16 heavy (non-hydrogen) atoms. The quantitative estimate of drug-likeness (QED) is 0.748. The molecule has 2 unspecified atom stereocenters. The summed E-state index contributed by atoms with van der Waals surface area (Å²) in [5.41, 5.74) is 0. The van der Waals surface area contributed by atoms with E-state index < -0.39 is 9.84 Å². The van der Waals surface area contributed by atoms with E-state index in [1.807, 2.05) is 6.92 Å². The van der Waals surface area contributed by atoms with Crippen molar-refractivity contribution in [3.8, 4) is 0 Å². The SMILES string of the molecule is CCCS(=O)(=O)CCC1CCC(NCC)C1. The zero-order chi connectivity index (χ0) is 12.0. The average molecular weight is 247 g/mol. The Balaban J connectivity index is 2.25. The first-order valence-corrected chi connectivity index (χ1v) is 8.33. The summed E-state index contributed by atoms with van der Waals surface area (Å²) in [5, 5.41) is 3.45. The van der Waals surface area contributed by atoms with Crippen molar-refractivity contribution < 1.29 is 8.42 Å². The minimum atomic E-state index is -2.77. The van der Waals surface area contributed by atoms with Crippen LogP contribution in [-0.2, 0) is 9.84 Å². The molecule has 96 valence electrons. The lowest BCUT2D eigenvalue weighted by Gasteiger charge is -2.11. The van der Waals surface area contributed by atoms with Gasteiger partial charge in [-0.2, -0.15) is 0 Å². The lowest BCUT2D eigenvalue weighted by Crippen LogP contribution is -2.26. The highest BCUT2D eigenvalue weighted by atomic mass is 32.2. The zero-order valence-electron chi connectivity index (χ0n) is 10.5. The second-order valence-electron chi connectivity index (χ2n) is 4.87. The molecule has 3 nitrogen and oxygen atoms in total. The van der Waals surface area contributed by atoms with Crippen LogP contribution >= 0.6 is 0 Å². The highest BCUT2D eigenvalue weighted by molar-refractivity contribution is 7.91. The molecule has 1 saturated carbocycles. The van der Waals surface area contributed by atoms with Crippen molar-refractivity contribution in [3.63, 3.8) is 0 Å². The van der Waals surface area contributed by atoms with Crippen LogP contribution in [0, 0.1) is 5.92 Å². The minimum absolute atomic E-state index is 0.357. The van der Waals surface area contributed by atoms with Crippen molar-refractivity contribution in [1.82, 2.24) is 5.32 Å². The summed E-state index contributed by atoms with van der Waals surface area (Å²) in [6.07, 6.45) is 5.18. The van der Waals surface area contributed by atoms with Crippen molar-refractivity contribution in [2.45, 2.75) is 52.0 Å². The summed E-state index contributed by atoms with van der Waals surface area (Å²) in [4.78, 5) is 0. The van der Waals surface area contributed by atoms with Gasteiger partial charge in [0.1, 0.15) is 9.84 Å². The van der Waals surface area contributed by atoms with E-state index in [-0.39, 0.29) is 0 Å². The molecule has 0 radical (unpaired) electrons. The average Bonchev–Trinajstić information content (AvgIpc) is 2.64. The van der Waals surface area contributed by atoms with Crippen molar-refractivity contribution in [2.24, 2.45) is 5.92 Å². The fourth-order valence-electron chi connectivity index (χ4n) is 2.57. The maximum absolute atomic E-state index is 11.6. The molecule has 0 spiro atoms. The van der Waals surface area contributed by atoms with E-state index in [9.17, 15) is 8.42 Å². The Morgan fingerprint density at radius 3 is 2.56 bits per heavy atom. The topological polar surface area (TPSA) is 46.2 Å². The van der Waals surface area contributed by atoms with Crippen molar-refractivity contribution in [2.75, 3.05) is 18.1 Å². The summed E-state index contributed by atoms with van der Waals surface area (Å²) in [7, 11) is -2.77. The largest absolute Gasteiger partial charge is 0.314 e. The van der Waals surface area contributed by atoms with E-state index in [0.717, 1.165) is 25.8 Å².